The summed E-state index contributed by atoms with van der Waals surface area (Å²) >= 11 is 0. The molecule has 2 fully saturated rings. The highest BCUT2D eigenvalue weighted by Crippen LogP contribution is 2.33. The van der Waals surface area contributed by atoms with Crippen LogP contribution < -0.4 is 16.6 Å². The van der Waals surface area contributed by atoms with Gasteiger partial charge < -0.3 is 15.2 Å². The summed E-state index contributed by atoms with van der Waals surface area (Å²) in [5.41, 5.74) is -1.21. The minimum absolute atomic E-state index is 0.0715. The van der Waals surface area contributed by atoms with Gasteiger partial charge in [0, 0.05) is 24.2 Å². The molecule has 22 heavy (non-hydrogen) atoms. The monoisotopic (exact) mass is 306 g/mol. The molecule has 0 bridgehead atoms. The van der Waals surface area contributed by atoms with Crippen LogP contribution >= 0.6 is 0 Å². The first-order chi connectivity index (χ1) is 10.5. The summed E-state index contributed by atoms with van der Waals surface area (Å²) < 4.78 is 0. The lowest BCUT2D eigenvalue weighted by Gasteiger charge is -2.48. The normalized spacial score (nSPS) is 28.8. The molecule has 2 aliphatic heterocycles. The zero-order chi connectivity index (χ0) is 15.7. The van der Waals surface area contributed by atoms with Gasteiger partial charge in [-0.1, -0.05) is 6.42 Å². The maximum Gasteiger partial charge on any atom is 0.326 e. The van der Waals surface area contributed by atoms with E-state index in [0.717, 1.165) is 38.6 Å². The molecule has 7 nitrogen and oxygen atoms in total. The summed E-state index contributed by atoms with van der Waals surface area (Å²) in [5, 5.41) is 3.59. The molecule has 2 aliphatic rings. The van der Waals surface area contributed by atoms with E-state index >= 15 is 0 Å². The Labute approximate surface area is 128 Å². The van der Waals surface area contributed by atoms with E-state index in [2.05, 4.69) is 22.2 Å². The molecule has 0 radical (unpaired) electrons. The second-order valence-corrected chi connectivity index (χ2v) is 6.46. The Morgan fingerprint density at radius 1 is 1.27 bits per heavy atom. The van der Waals surface area contributed by atoms with Crippen molar-refractivity contribution in [2.75, 3.05) is 13.1 Å². The van der Waals surface area contributed by atoms with Gasteiger partial charge in [-0.05, 0) is 39.2 Å². The highest BCUT2D eigenvalue weighted by Gasteiger charge is 2.43. The zero-order valence-corrected chi connectivity index (χ0v) is 12.8. The second kappa shape index (κ2) is 5.72. The number of rotatable bonds is 1. The fraction of sp³-hybridized carbons (Fsp3) is 0.667. The van der Waals surface area contributed by atoms with Gasteiger partial charge in [-0.3, -0.25) is 14.6 Å². The molecular weight excluding hydrogens is 284 g/mol. The number of H-pyrrole nitrogens is 2. The van der Waals surface area contributed by atoms with Crippen molar-refractivity contribution in [1.29, 1.82) is 0 Å². The van der Waals surface area contributed by atoms with Crippen LogP contribution in [0.3, 0.4) is 0 Å². The zero-order valence-electron chi connectivity index (χ0n) is 12.8. The third-order valence-corrected chi connectivity index (χ3v) is 4.89. The molecule has 2 atom stereocenters. The van der Waals surface area contributed by atoms with Gasteiger partial charge in [0.25, 0.3) is 11.5 Å². The highest BCUT2D eigenvalue weighted by atomic mass is 16.2. The lowest BCUT2D eigenvalue weighted by atomic mass is 9.81. The van der Waals surface area contributed by atoms with Crippen molar-refractivity contribution in [2.45, 2.75) is 50.6 Å². The van der Waals surface area contributed by atoms with Gasteiger partial charge >= 0.3 is 5.69 Å². The molecule has 1 amide bonds. The van der Waals surface area contributed by atoms with E-state index in [1.54, 1.807) is 0 Å². The smallest absolute Gasteiger partial charge is 0.326 e. The van der Waals surface area contributed by atoms with Crippen LogP contribution in [0.1, 0.15) is 49.5 Å². The Morgan fingerprint density at radius 2 is 2.09 bits per heavy atom. The van der Waals surface area contributed by atoms with E-state index in [4.69, 9.17) is 0 Å². The Hall–Kier alpha value is -1.89. The van der Waals surface area contributed by atoms with Crippen LogP contribution in [-0.2, 0) is 0 Å². The summed E-state index contributed by atoms with van der Waals surface area (Å²) in [6.07, 6.45) is 5.08. The van der Waals surface area contributed by atoms with Crippen molar-refractivity contribution < 1.29 is 4.79 Å². The predicted molar refractivity (Wildman–Crippen MR) is 82.0 cm³/mol. The summed E-state index contributed by atoms with van der Waals surface area (Å²) in [4.78, 5) is 42.0. The summed E-state index contributed by atoms with van der Waals surface area (Å²) in [5.74, 6) is -0.261. The lowest BCUT2D eigenvalue weighted by Crippen LogP contribution is -2.62. The van der Waals surface area contributed by atoms with Crippen LogP contribution in [0.2, 0.25) is 0 Å². The number of carbonyl (C=O) groups excluding carboxylic acids is 1. The standard InChI is InChI=1S/C15H22N4O3/c1-15-6-4-8-19(11(15)5-2-3-7-16-15)13(21)10-9-12(20)18-14(22)17-10/h9,11,16H,2-8H2,1H3,(H2,17,18,20,22)/t11-,15-/m0/s1. The van der Waals surface area contributed by atoms with Crippen molar-refractivity contribution in [1.82, 2.24) is 20.2 Å². The molecule has 3 heterocycles. The molecule has 0 spiro atoms. The minimum Gasteiger partial charge on any atom is -0.333 e. The van der Waals surface area contributed by atoms with Gasteiger partial charge in [-0.25, -0.2) is 4.79 Å². The van der Waals surface area contributed by atoms with Gasteiger partial charge in [-0.2, -0.15) is 0 Å². The first-order valence-electron chi connectivity index (χ1n) is 7.89. The van der Waals surface area contributed by atoms with E-state index in [-0.39, 0.29) is 23.2 Å². The van der Waals surface area contributed by atoms with Crippen LogP contribution in [0, 0.1) is 0 Å². The van der Waals surface area contributed by atoms with Crippen molar-refractivity contribution in [2.24, 2.45) is 0 Å². The van der Waals surface area contributed by atoms with Gasteiger partial charge in [0.2, 0.25) is 0 Å². The second-order valence-electron chi connectivity index (χ2n) is 6.46. The number of fused-ring (bicyclic) bond motifs is 1. The molecular formula is C15H22N4O3. The molecule has 0 aliphatic carbocycles. The fourth-order valence-electron chi connectivity index (χ4n) is 3.78. The first kappa shape index (κ1) is 15.0. The number of nitrogens with zero attached hydrogens (tertiary/aromatic N) is 1. The molecule has 0 aromatic carbocycles. The summed E-state index contributed by atoms with van der Waals surface area (Å²) in [7, 11) is 0. The molecule has 0 saturated carbocycles. The summed E-state index contributed by atoms with van der Waals surface area (Å²) in [6.45, 7) is 3.80. The van der Waals surface area contributed by atoms with Gasteiger partial charge in [0.05, 0.1) is 0 Å². The largest absolute Gasteiger partial charge is 0.333 e. The van der Waals surface area contributed by atoms with Crippen molar-refractivity contribution in [3.05, 3.63) is 32.6 Å². The summed E-state index contributed by atoms with van der Waals surface area (Å²) in [6, 6.07) is 1.26. The Bertz CT molecular complexity index is 652. The molecule has 3 rings (SSSR count). The lowest BCUT2D eigenvalue weighted by molar-refractivity contribution is 0.0373. The number of nitrogens with one attached hydrogen (secondary N) is 3. The number of amides is 1. The molecule has 120 valence electrons. The topological polar surface area (TPSA) is 98.1 Å². The number of hydrogen-bond donors (Lipinski definition) is 3. The van der Waals surface area contributed by atoms with E-state index in [1.807, 2.05) is 4.90 Å². The number of aromatic amines is 2. The number of likely N-dealkylation sites (tertiary alicyclic amines) is 1. The quantitative estimate of drug-likeness (QED) is 0.690. The molecule has 3 N–H and O–H groups in total. The Balaban J connectivity index is 1.93. The van der Waals surface area contributed by atoms with Gasteiger partial charge in [0.1, 0.15) is 5.69 Å². The molecule has 0 unspecified atom stereocenters. The average Bonchev–Trinajstić information content (AvgIpc) is 2.66. The third-order valence-electron chi connectivity index (χ3n) is 4.89. The van der Waals surface area contributed by atoms with Gasteiger partial charge in [-0.15, -0.1) is 0 Å². The van der Waals surface area contributed by atoms with E-state index in [1.165, 1.54) is 6.07 Å². The molecule has 7 heteroatoms. The van der Waals surface area contributed by atoms with Crippen molar-refractivity contribution >= 4 is 5.91 Å². The first-order valence-corrected chi connectivity index (χ1v) is 7.89. The van der Waals surface area contributed by atoms with E-state index < -0.39 is 11.2 Å². The fourth-order valence-corrected chi connectivity index (χ4v) is 3.78. The number of carbonyl (C=O) groups is 1. The van der Waals surface area contributed by atoms with Crippen molar-refractivity contribution in [3.8, 4) is 0 Å². The van der Waals surface area contributed by atoms with Crippen LogP contribution in [0.25, 0.3) is 0 Å². The number of piperidine rings is 1. The van der Waals surface area contributed by atoms with Crippen LogP contribution in [-0.4, -0.2) is 45.4 Å². The van der Waals surface area contributed by atoms with E-state index in [9.17, 15) is 14.4 Å². The molecule has 1 aromatic rings. The SMILES string of the molecule is C[C@]12CCCN(C(=O)c3cc(=O)[nH]c(=O)[nH]3)[C@H]1CCCCN2. The minimum atomic E-state index is -0.644. The number of aromatic nitrogens is 2. The molecule has 2 saturated heterocycles. The van der Waals surface area contributed by atoms with E-state index in [0.29, 0.717) is 6.54 Å². The maximum atomic E-state index is 12.8. The Morgan fingerprint density at radius 3 is 2.86 bits per heavy atom. The Kier molecular flexibility index (Phi) is 3.90. The van der Waals surface area contributed by atoms with Crippen LogP contribution in [0.5, 0.6) is 0 Å². The van der Waals surface area contributed by atoms with Crippen LogP contribution in [0.15, 0.2) is 15.7 Å². The van der Waals surface area contributed by atoms with Crippen LogP contribution in [0.4, 0.5) is 0 Å². The number of hydrogen-bond acceptors (Lipinski definition) is 4. The maximum absolute atomic E-state index is 12.8. The highest BCUT2D eigenvalue weighted by molar-refractivity contribution is 5.92. The predicted octanol–water partition coefficient (Wildman–Crippen LogP) is 0.200. The van der Waals surface area contributed by atoms with Gasteiger partial charge in [0.15, 0.2) is 0 Å². The van der Waals surface area contributed by atoms with Crippen molar-refractivity contribution in [3.63, 3.8) is 0 Å². The third kappa shape index (κ3) is 2.72. The average molecular weight is 306 g/mol. The molecule has 1 aromatic heterocycles.